The lowest BCUT2D eigenvalue weighted by atomic mass is 10.1. The number of methoxy groups -OCH3 is 1. The Balaban J connectivity index is 0.000000437. The topological polar surface area (TPSA) is 87.0 Å². The number of phenols is 1. The van der Waals surface area contributed by atoms with Crippen LogP contribution in [0.15, 0.2) is 12.1 Å². The Morgan fingerprint density at radius 1 is 1.24 bits per heavy atom. The van der Waals surface area contributed by atoms with E-state index in [-0.39, 0.29) is 24.9 Å². The summed E-state index contributed by atoms with van der Waals surface area (Å²) in [6.45, 7) is 2.79. The Labute approximate surface area is 100 Å². The number of carbonyl (C=O) groups is 1. The van der Waals surface area contributed by atoms with Gasteiger partial charge in [0, 0.05) is 18.1 Å². The van der Waals surface area contributed by atoms with Crippen LogP contribution < -0.4 is 0 Å². The summed E-state index contributed by atoms with van der Waals surface area (Å²) >= 11 is 0. The first kappa shape index (κ1) is 15.4. The molecule has 0 heterocycles. The van der Waals surface area contributed by atoms with E-state index in [4.69, 9.17) is 10.2 Å². The van der Waals surface area contributed by atoms with Crippen molar-refractivity contribution in [1.82, 2.24) is 0 Å². The molecule has 96 valence electrons. The third-order valence-electron chi connectivity index (χ3n) is 2.04. The van der Waals surface area contributed by atoms with Gasteiger partial charge in [-0.3, -0.25) is 4.79 Å². The van der Waals surface area contributed by atoms with Crippen molar-refractivity contribution in [2.75, 3.05) is 7.11 Å². The fraction of sp³-hybridized carbons (Fsp3) is 0.417. The molecule has 0 aliphatic carbocycles. The number of hydrogen-bond acceptors (Lipinski definition) is 5. The average molecular weight is 242 g/mol. The van der Waals surface area contributed by atoms with E-state index >= 15 is 0 Å². The number of ether oxygens (including phenoxy) is 1. The van der Waals surface area contributed by atoms with Crippen molar-refractivity contribution in [1.29, 1.82) is 0 Å². The van der Waals surface area contributed by atoms with E-state index in [1.807, 2.05) is 6.92 Å². The Hall–Kier alpha value is -1.59. The second-order valence-corrected chi connectivity index (χ2v) is 3.44. The molecule has 0 saturated heterocycles. The van der Waals surface area contributed by atoms with Gasteiger partial charge in [0.05, 0.1) is 20.3 Å². The largest absolute Gasteiger partial charge is 0.507 e. The van der Waals surface area contributed by atoms with E-state index in [0.29, 0.717) is 11.1 Å². The first-order valence-electron chi connectivity index (χ1n) is 5.03. The number of aryl methyl sites for hydroxylation is 1. The van der Waals surface area contributed by atoms with Gasteiger partial charge < -0.3 is 20.1 Å². The molecule has 0 aromatic heterocycles. The molecule has 17 heavy (non-hydrogen) atoms. The molecule has 1 aromatic carbocycles. The van der Waals surface area contributed by atoms with E-state index in [2.05, 4.69) is 4.74 Å². The van der Waals surface area contributed by atoms with Crippen molar-refractivity contribution < 1.29 is 24.9 Å². The molecule has 0 atom stereocenters. The van der Waals surface area contributed by atoms with Crippen LogP contribution in [0.25, 0.3) is 0 Å². The van der Waals surface area contributed by atoms with E-state index in [1.54, 1.807) is 12.1 Å². The fourth-order valence-electron chi connectivity index (χ4n) is 1.18. The van der Waals surface area contributed by atoms with E-state index in [9.17, 15) is 9.90 Å². The number of rotatable bonds is 2. The summed E-state index contributed by atoms with van der Waals surface area (Å²) in [4.78, 5) is 9.59. The highest BCUT2D eigenvalue weighted by atomic mass is 16.5. The van der Waals surface area contributed by atoms with Gasteiger partial charge >= 0.3 is 5.97 Å². The van der Waals surface area contributed by atoms with Gasteiger partial charge in [-0.05, 0) is 6.92 Å². The molecule has 0 amide bonds. The molecule has 0 spiro atoms. The number of esters is 1. The van der Waals surface area contributed by atoms with Crippen molar-refractivity contribution in [2.24, 2.45) is 0 Å². The molecule has 0 aliphatic rings. The SMILES string of the molecule is COC(C)=O.Cc1cc(CO)c(O)c(CO)c1. The number of aromatic hydroxyl groups is 1. The summed E-state index contributed by atoms with van der Waals surface area (Å²) in [7, 11) is 1.35. The van der Waals surface area contributed by atoms with Gasteiger partial charge in [-0.1, -0.05) is 17.7 Å². The van der Waals surface area contributed by atoms with Crippen LogP contribution >= 0.6 is 0 Å². The van der Waals surface area contributed by atoms with Crippen LogP contribution in [0.2, 0.25) is 0 Å². The average Bonchev–Trinajstić information content (AvgIpc) is 2.32. The van der Waals surface area contributed by atoms with Crippen molar-refractivity contribution in [3.8, 4) is 5.75 Å². The van der Waals surface area contributed by atoms with Crippen LogP contribution in [0.1, 0.15) is 23.6 Å². The molecular weight excluding hydrogens is 224 g/mol. The number of aliphatic hydroxyl groups excluding tert-OH is 2. The lowest BCUT2D eigenvalue weighted by molar-refractivity contribution is -0.137. The molecule has 0 saturated carbocycles. The number of hydrogen-bond donors (Lipinski definition) is 3. The molecule has 1 rings (SSSR count). The molecular formula is C12H18O5. The highest BCUT2D eigenvalue weighted by Gasteiger charge is 2.06. The minimum absolute atomic E-state index is 0.00870. The number of carbonyl (C=O) groups excluding carboxylic acids is 1. The summed E-state index contributed by atoms with van der Waals surface area (Å²) in [5, 5.41) is 27.0. The molecule has 0 fully saturated rings. The lowest BCUT2D eigenvalue weighted by Crippen LogP contribution is -1.92. The van der Waals surface area contributed by atoms with Crippen molar-refractivity contribution in [3.63, 3.8) is 0 Å². The summed E-state index contributed by atoms with van der Waals surface area (Å²) in [6.07, 6.45) is 0. The van der Waals surface area contributed by atoms with Crippen molar-refractivity contribution >= 4 is 5.97 Å². The monoisotopic (exact) mass is 242 g/mol. The van der Waals surface area contributed by atoms with E-state index in [1.165, 1.54) is 14.0 Å². The summed E-state index contributed by atoms with van der Waals surface area (Å²) in [6, 6.07) is 3.38. The summed E-state index contributed by atoms with van der Waals surface area (Å²) in [5.74, 6) is -0.254. The third kappa shape index (κ3) is 5.33. The van der Waals surface area contributed by atoms with E-state index in [0.717, 1.165) is 5.56 Å². The molecule has 0 unspecified atom stereocenters. The second-order valence-electron chi connectivity index (χ2n) is 3.44. The zero-order valence-electron chi connectivity index (χ0n) is 10.2. The van der Waals surface area contributed by atoms with Gasteiger partial charge in [-0.15, -0.1) is 0 Å². The maximum absolute atomic E-state index is 9.59. The van der Waals surface area contributed by atoms with Crippen LogP contribution in [-0.4, -0.2) is 28.4 Å². The minimum Gasteiger partial charge on any atom is -0.507 e. The van der Waals surface area contributed by atoms with Crippen LogP contribution in [0, 0.1) is 6.92 Å². The Kier molecular flexibility index (Phi) is 6.93. The molecule has 0 aliphatic heterocycles. The van der Waals surface area contributed by atoms with E-state index < -0.39 is 0 Å². The standard InChI is InChI=1S/C9H12O3.C3H6O2/c1-6-2-7(4-10)9(12)8(3-6)5-11;1-3(4)5-2/h2-3,10-12H,4-5H2,1H3;1-2H3. The number of aliphatic hydroxyl groups is 2. The molecule has 1 aromatic rings. The predicted molar refractivity (Wildman–Crippen MR) is 62.4 cm³/mol. The van der Waals surface area contributed by atoms with Gasteiger partial charge in [0.25, 0.3) is 0 Å². The molecule has 3 N–H and O–H groups in total. The van der Waals surface area contributed by atoms with Crippen LogP contribution in [-0.2, 0) is 22.7 Å². The van der Waals surface area contributed by atoms with Crippen molar-refractivity contribution in [3.05, 3.63) is 28.8 Å². The minimum atomic E-state index is -0.245. The van der Waals surface area contributed by atoms with Crippen LogP contribution in [0.5, 0.6) is 5.75 Å². The maximum atomic E-state index is 9.59. The fourth-order valence-corrected chi connectivity index (χ4v) is 1.18. The van der Waals surface area contributed by atoms with Crippen LogP contribution in [0.4, 0.5) is 0 Å². The Morgan fingerprint density at radius 3 is 1.82 bits per heavy atom. The Bertz CT molecular complexity index is 348. The van der Waals surface area contributed by atoms with Crippen molar-refractivity contribution in [2.45, 2.75) is 27.1 Å². The van der Waals surface area contributed by atoms with Gasteiger partial charge in [0.1, 0.15) is 5.75 Å². The third-order valence-corrected chi connectivity index (χ3v) is 2.04. The normalized spacial score (nSPS) is 9.24. The molecule has 5 nitrogen and oxygen atoms in total. The molecule has 5 heteroatoms. The van der Waals surface area contributed by atoms with Gasteiger partial charge in [-0.2, -0.15) is 0 Å². The summed E-state index contributed by atoms with van der Waals surface area (Å²) in [5.41, 5.74) is 1.83. The highest BCUT2D eigenvalue weighted by Crippen LogP contribution is 2.24. The first-order chi connectivity index (χ1) is 7.96. The van der Waals surface area contributed by atoms with Gasteiger partial charge in [0.15, 0.2) is 0 Å². The molecule has 0 bridgehead atoms. The zero-order chi connectivity index (χ0) is 13.4. The molecule has 0 radical (unpaired) electrons. The van der Waals surface area contributed by atoms with Gasteiger partial charge in [0.2, 0.25) is 0 Å². The maximum Gasteiger partial charge on any atom is 0.302 e. The smallest absolute Gasteiger partial charge is 0.302 e. The quantitative estimate of drug-likeness (QED) is 0.670. The number of benzene rings is 1. The summed E-state index contributed by atoms with van der Waals surface area (Å²) < 4.78 is 4.11. The predicted octanol–water partition coefficient (Wildman–Crippen LogP) is 0.865. The first-order valence-corrected chi connectivity index (χ1v) is 5.03. The Morgan fingerprint density at radius 2 is 1.59 bits per heavy atom. The zero-order valence-corrected chi connectivity index (χ0v) is 10.2. The van der Waals surface area contributed by atoms with Gasteiger partial charge in [-0.25, -0.2) is 0 Å². The lowest BCUT2D eigenvalue weighted by Gasteiger charge is -2.07. The highest BCUT2D eigenvalue weighted by molar-refractivity contribution is 5.65. The van der Waals surface area contributed by atoms with Crippen LogP contribution in [0.3, 0.4) is 0 Å². The second kappa shape index (κ2) is 7.65.